The van der Waals surface area contributed by atoms with Crippen LogP contribution in [0, 0.1) is 6.92 Å². The summed E-state index contributed by atoms with van der Waals surface area (Å²) in [5, 5.41) is 14.1. The molecular weight excluding hydrogens is 406 g/mol. The van der Waals surface area contributed by atoms with E-state index >= 15 is 0 Å². The number of amides is 2. The Bertz CT molecular complexity index is 1110. The van der Waals surface area contributed by atoms with Crippen LogP contribution in [0.2, 0.25) is 0 Å². The molecule has 30 heavy (non-hydrogen) atoms. The number of anilines is 2. The van der Waals surface area contributed by atoms with Crippen molar-refractivity contribution in [2.24, 2.45) is 7.05 Å². The van der Waals surface area contributed by atoms with Gasteiger partial charge < -0.3 is 24.7 Å². The van der Waals surface area contributed by atoms with Crippen LogP contribution in [-0.4, -0.2) is 39.1 Å². The number of aromatic nitrogens is 3. The molecule has 2 heterocycles. The second-order valence-corrected chi connectivity index (χ2v) is 7.56. The van der Waals surface area contributed by atoms with Crippen LogP contribution in [0.5, 0.6) is 11.5 Å². The summed E-state index contributed by atoms with van der Waals surface area (Å²) in [5.41, 5.74) is 2.45. The average molecular weight is 425 g/mol. The van der Waals surface area contributed by atoms with E-state index in [4.69, 9.17) is 9.47 Å². The van der Waals surface area contributed by atoms with E-state index in [1.165, 1.54) is 11.8 Å². The van der Waals surface area contributed by atoms with Gasteiger partial charge in [-0.2, -0.15) is 0 Å². The zero-order valence-corrected chi connectivity index (χ0v) is 17.2. The molecule has 0 radical (unpaired) electrons. The van der Waals surface area contributed by atoms with E-state index in [9.17, 15) is 9.59 Å². The predicted molar refractivity (Wildman–Crippen MR) is 112 cm³/mol. The third kappa shape index (κ3) is 4.38. The Balaban J connectivity index is 1.41. The van der Waals surface area contributed by atoms with Gasteiger partial charge in [-0.1, -0.05) is 17.8 Å². The molecule has 0 spiro atoms. The molecule has 3 aromatic rings. The van der Waals surface area contributed by atoms with E-state index in [1.807, 2.05) is 14.0 Å². The fourth-order valence-corrected chi connectivity index (χ4v) is 3.48. The molecule has 9 nitrogen and oxygen atoms in total. The summed E-state index contributed by atoms with van der Waals surface area (Å²) in [6.45, 7) is 2.04. The number of carbonyl (C=O) groups excluding carboxylic acids is 2. The molecule has 0 saturated carbocycles. The Morgan fingerprint density at radius 3 is 2.77 bits per heavy atom. The first-order valence-electron chi connectivity index (χ1n) is 9.08. The third-order valence-corrected chi connectivity index (χ3v) is 5.44. The van der Waals surface area contributed by atoms with Crippen molar-refractivity contribution in [3.05, 3.63) is 53.9 Å². The van der Waals surface area contributed by atoms with Gasteiger partial charge >= 0.3 is 0 Å². The highest BCUT2D eigenvalue weighted by molar-refractivity contribution is 7.99. The maximum atomic E-state index is 12.7. The van der Waals surface area contributed by atoms with Crippen LogP contribution in [0.3, 0.4) is 0 Å². The lowest BCUT2D eigenvalue weighted by atomic mass is 10.1. The lowest BCUT2D eigenvalue weighted by molar-refractivity contribution is -0.113. The number of benzene rings is 2. The van der Waals surface area contributed by atoms with Gasteiger partial charge in [0, 0.05) is 30.1 Å². The summed E-state index contributed by atoms with van der Waals surface area (Å²) in [7, 11) is 1.81. The maximum Gasteiger partial charge on any atom is 0.255 e. The fraction of sp³-hybridized carbons (Fsp3) is 0.200. The van der Waals surface area contributed by atoms with Crippen molar-refractivity contribution in [2.45, 2.75) is 12.1 Å². The summed E-state index contributed by atoms with van der Waals surface area (Å²) in [4.78, 5) is 25.0. The van der Waals surface area contributed by atoms with E-state index in [1.54, 1.807) is 47.3 Å². The molecule has 4 rings (SSSR count). The van der Waals surface area contributed by atoms with Crippen LogP contribution in [0.1, 0.15) is 15.9 Å². The van der Waals surface area contributed by atoms with Gasteiger partial charge in [0.1, 0.15) is 6.33 Å². The SMILES string of the molecule is Cc1ccc(C(=O)Nc2ccc3c(c2)OCO3)cc1NC(=O)CSc1nncn1C. The van der Waals surface area contributed by atoms with E-state index in [0.717, 1.165) is 5.56 Å². The molecule has 0 bridgehead atoms. The van der Waals surface area contributed by atoms with Crippen LogP contribution < -0.4 is 20.1 Å². The van der Waals surface area contributed by atoms with Gasteiger partial charge in [-0.25, -0.2) is 0 Å². The van der Waals surface area contributed by atoms with Crippen molar-refractivity contribution in [1.29, 1.82) is 0 Å². The smallest absolute Gasteiger partial charge is 0.255 e. The number of thioether (sulfide) groups is 1. The van der Waals surface area contributed by atoms with E-state index < -0.39 is 0 Å². The van der Waals surface area contributed by atoms with Crippen molar-refractivity contribution in [1.82, 2.24) is 14.8 Å². The number of hydrogen-bond donors (Lipinski definition) is 2. The molecular formula is C20H19N5O4S. The van der Waals surface area contributed by atoms with Gasteiger partial charge in [-0.3, -0.25) is 9.59 Å². The number of fused-ring (bicyclic) bond motifs is 1. The largest absolute Gasteiger partial charge is 0.454 e. The highest BCUT2D eigenvalue weighted by Gasteiger charge is 2.16. The molecule has 2 N–H and O–H groups in total. The second-order valence-electron chi connectivity index (χ2n) is 6.61. The van der Waals surface area contributed by atoms with Gasteiger partial charge in [0.15, 0.2) is 16.7 Å². The molecule has 0 aliphatic carbocycles. The molecule has 10 heteroatoms. The number of ether oxygens (including phenoxy) is 2. The van der Waals surface area contributed by atoms with Gasteiger partial charge in [0.2, 0.25) is 12.7 Å². The maximum absolute atomic E-state index is 12.7. The van der Waals surface area contributed by atoms with Crippen molar-refractivity contribution in [3.63, 3.8) is 0 Å². The normalized spacial score (nSPS) is 11.9. The number of carbonyl (C=O) groups is 2. The van der Waals surface area contributed by atoms with E-state index in [-0.39, 0.29) is 24.4 Å². The van der Waals surface area contributed by atoms with Crippen molar-refractivity contribution in [2.75, 3.05) is 23.2 Å². The minimum Gasteiger partial charge on any atom is -0.454 e. The quantitative estimate of drug-likeness (QED) is 0.585. The molecule has 2 amide bonds. The Hall–Kier alpha value is -3.53. The number of hydrogen-bond acceptors (Lipinski definition) is 7. The first-order chi connectivity index (χ1) is 14.5. The minimum absolute atomic E-state index is 0.169. The monoisotopic (exact) mass is 425 g/mol. The predicted octanol–water partition coefficient (Wildman–Crippen LogP) is 2.84. The molecule has 1 aliphatic heterocycles. The minimum atomic E-state index is -0.294. The highest BCUT2D eigenvalue weighted by atomic mass is 32.2. The molecule has 0 unspecified atom stereocenters. The van der Waals surface area contributed by atoms with Crippen LogP contribution in [-0.2, 0) is 11.8 Å². The molecule has 0 atom stereocenters. The number of aryl methyl sites for hydroxylation is 2. The first-order valence-corrected chi connectivity index (χ1v) is 10.1. The fourth-order valence-electron chi connectivity index (χ4n) is 2.80. The lowest BCUT2D eigenvalue weighted by Crippen LogP contribution is -2.17. The average Bonchev–Trinajstić information content (AvgIpc) is 3.36. The van der Waals surface area contributed by atoms with Gasteiger partial charge in [0.25, 0.3) is 5.91 Å². The molecule has 1 aliphatic rings. The Morgan fingerprint density at radius 2 is 1.97 bits per heavy atom. The molecule has 0 saturated heterocycles. The highest BCUT2D eigenvalue weighted by Crippen LogP contribution is 2.34. The lowest BCUT2D eigenvalue weighted by Gasteiger charge is -2.11. The van der Waals surface area contributed by atoms with E-state index in [2.05, 4.69) is 20.8 Å². The van der Waals surface area contributed by atoms with Crippen molar-refractivity contribution < 1.29 is 19.1 Å². The van der Waals surface area contributed by atoms with Crippen molar-refractivity contribution >= 4 is 35.0 Å². The van der Waals surface area contributed by atoms with E-state index in [0.29, 0.717) is 33.6 Å². The summed E-state index contributed by atoms with van der Waals surface area (Å²) in [6, 6.07) is 10.4. The van der Waals surface area contributed by atoms with Crippen LogP contribution >= 0.6 is 11.8 Å². The van der Waals surface area contributed by atoms with Crippen molar-refractivity contribution in [3.8, 4) is 11.5 Å². The van der Waals surface area contributed by atoms with Gasteiger partial charge in [-0.05, 0) is 36.8 Å². The Labute approximate surface area is 176 Å². The molecule has 1 aromatic heterocycles. The molecule has 0 fully saturated rings. The standard InChI is InChI=1S/C20H19N5O4S/c1-12-3-4-13(19(27)22-14-5-6-16-17(8-14)29-11-28-16)7-15(12)23-18(26)9-30-20-24-21-10-25(20)2/h3-8,10H,9,11H2,1-2H3,(H,22,27)(H,23,26). The van der Waals surface area contributed by atoms with Crippen LogP contribution in [0.4, 0.5) is 11.4 Å². The van der Waals surface area contributed by atoms with Crippen LogP contribution in [0.15, 0.2) is 47.9 Å². The van der Waals surface area contributed by atoms with Gasteiger partial charge in [-0.15, -0.1) is 10.2 Å². The zero-order chi connectivity index (χ0) is 21.1. The zero-order valence-electron chi connectivity index (χ0n) is 16.3. The second kappa shape index (κ2) is 8.46. The summed E-state index contributed by atoms with van der Waals surface area (Å²) in [5.74, 6) is 0.925. The molecule has 154 valence electrons. The summed E-state index contributed by atoms with van der Waals surface area (Å²) >= 11 is 1.28. The van der Waals surface area contributed by atoms with Crippen LogP contribution in [0.25, 0.3) is 0 Å². The summed E-state index contributed by atoms with van der Waals surface area (Å²) in [6.07, 6.45) is 1.58. The molecule has 2 aromatic carbocycles. The topological polar surface area (TPSA) is 107 Å². The Kier molecular flexibility index (Phi) is 5.57. The van der Waals surface area contributed by atoms with Gasteiger partial charge in [0.05, 0.1) is 5.75 Å². The number of nitrogens with one attached hydrogen (secondary N) is 2. The first kappa shape index (κ1) is 19.8. The summed E-state index contributed by atoms with van der Waals surface area (Å²) < 4.78 is 12.3. The number of nitrogens with zero attached hydrogens (tertiary/aromatic N) is 3. The third-order valence-electron chi connectivity index (χ3n) is 4.41. The number of rotatable bonds is 6. The Morgan fingerprint density at radius 1 is 1.13 bits per heavy atom.